The van der Waals surface area contributed by atoms with Crippen LogP contribution in [0.3, 0.4) is 0 Å². The molecule has 1 aliphatic rings. The van der Waals surface area contributed by atoms with Gasteiger partial charge in [0, 0.05) is 45.3 Å². The molecule has 0 spiro atoms. The zero-order valence-electron chi connectivity index (χ0n) is 16.5. The van der Waals surface area contributed by atoms with E-state index >= 15 is 0 Å². The Morgan fingerprint density at radius 2 is 1.59 bits per heavy atom. The smallest absolute Gasteiger partial charge is 0.254 e. The largest absolute Gasteiger partial charge is 0.383 e. The Hall–Kier alpha value is -1.92. The molecule has 1 saturated carbocycles. The van der Waals surface area contributed by atoms with Crippen LogP contribution in [0, 0.1) is 5.92 Å². The third kappa shape index (κ3) is 6.96. The van der Waals surface area contributed by atoms with E-state index in [2.05, 4.69) is 5.32 Å². The molecule has 6 heteroatoms. The lowest BCUT2D eigenvalue weighted by Gasteiger charge is -2.22. The zero-order chi connectivity index (χ0) is 19.5. The lowest BCUT2D eigenvalue weighted by Crippen LogP contribution is -2.36. The van der Waals surface area contributed by atoms with Crippen LogP contribution in [0.4, 0.5) is 0 Å². The van der Waals surface area contributed by atoms with Gasteiger partial charge in [-0.05, 0) is 30.5 Å². The summed E-state index contributed by atoms with van der Waals surface area (Å²) in [4.78, 5) is 26.7. The van der Waals surface area contributed by atoms with E-state index in [0.717, 1.165) is 31.2 Å². The predicted molar refractivity (Wildman–Crippen MR) is 105 cm³/mol. The van der Waals surface area contributed by atoms with E-state index in [1.54, 1.807) is 19.1 Å². The van der Waals surface area contributed by atoms with Crippen molar-refractivity contribution in [1.82, 2.24) is 10.2 Å². The normalized spacial score (nSPS) is 14.7. The van der Waals surface area contributed by atoms with Crippen molar-refractivity contribution in [2.45, 2.75) is 38.6 Å². The minimum Gasteiger partial charge on any atom is -0.383 e. The highest BCUT2D eigenvalue weighted by molar-refractivity contribution is 5.94. The second-order valence-electron chi connectivity index (χ2n) is 7.03. The molecule has 2 rings (SSSR count). The summed E-state index contributed by atoms with van der Waals surface area (Å²) in [6.07, 6.45) is 5.54. The highest BCUT2D eigenvalue weighted by Gasteiger charge is 2.20. The van der Waals surface area contributed by atoms with Crippen LogP contribution >= 0.6 is 0 Å². The van der Waals surface area contributed by atoms with Crippen molar-refractivity contribution < 1.29 is 19.1 Å². The number of nitrogens with one attached hydrogen (secondary N) is 1. The number of carbonyl (C=O) groups excluding carboxylic acids is 2. The van der Waals surface area contributed by atoms with Crippen LogP contribution in [0.15, 0.2) is 24.3 Å². The van der Waals surface area contributed by atoms with Crippen molar-refractivity contribution in [3.63, 3.8) is 0 Å². The van der Waals surface area contributed by atoms with Crippen LogP contribution in [0.25, 0.3) is 0 Å². The number of rotatable bonds is 10. The van der Waals surface area contributed by atoms with Crippen molar-refractivity contribution in [3.8, 4) is 0 Å². The molecule has 0 radical (unpaired) electrons. The van der Waals surface area contributed by atoms with Gasteiger partial charge in [-0.1, -0.05) is 31.4 Å². The van der Waals surface area contributed by atoms with Gasteiger partial charge in [-0.15, -0.1) is 0 Å². The number of methoxy groups -OCH3 is 2. The van der Waals surface area contributed by atoms with Crippen molar-refractivity contribution in [2.75, 3.05) is 40.5 Å². The van der Waals surface area contributed by atoms with Crippen molar-refractivity contribution >= 4 is 11.8 Å². The molecule has 27 heavy (non-hydrogen) atoms. The molecule has 0 saturated heterocycles. The number of hydrogen-bond acceptors (Lipinski definition) is 4. The molecule has 150 valence electrons. The Bertz CT molecular complexity index is 574. The van der Waals surface area contributed by atoms with E-state index in [-0.39, 0.29) is 17.7 Å². The van der Waals surface area contributed by atoms with Crippen molar-refractivity contribution in [3.05, 3.63) is 35.4 Å². The van der Waals surface area contributed by atoms with E-state index in [4.69, 9.17) is 9.47 Å². The van der Waals surface area contributed by atoms with Gasteiger partial charge in [0.2, 0.25) is 5.91 Å². The molecule has 0 heterocycles. The zero-order valence-corrected chi connectivity index (χ0v) is 16.5. The summed E-state index contributed by atoms with van der Waals surface area (Å²) in [6.45, 7) is 2.53. The predicted octanol–water partition coefficient (Wildman–Crippen LogP) is 2.62. The van der Waals surface area contributed by atoms with Crippen molar-refractivity contribution in [2.24, 2.45) is 5.92 Å². The Kier molecular flexibility index (Phi) is 9.28. The second kappa shape index (κ2) is 11.7. The third-order valence-corrected chi connectivity index (χ3v) is 5.06. The summed E-state index contributed by atoms with van der Waals surface area (Å²) in [5, 5.41) is 3.03. The van der Waals surface area contributed by atoms with Gasteiger partial charge in [-0.3, -0.25) is 9.59 Å². The van der Waals surface area contributed by atoms with Gasteiger partial charge < -0.3 is 19.7 Å². The molecule has 1 fully saturated rings. The minimum atomic E-state index is -0.0399. The summed E-state index contributed by atoms with van der Waals surface area (Å²) < 4.78 is 10.2. The topological polar surface area (TPSA) is 67.9 Å². The van der Waals surface area contributed by atoms with Crippen LogP contribution in [-0.2, 0) is 20.8 Å². The molecule has 1 aromatic carbocycles. The molecule has 0 aliphatic heterocycles. The molecule has 0 unspecified atom stereocenters. The summed E-state index contributed by atoms with van der Waals surface area (Å²) in [7, 11) is 3.24. The Morgan fingerprint density at radius 1 is 1.00 bits per heavy atom. The Balaban J connectivity index is 1.88. The fourth-order valence-corrected chi connectivity index (χ4v) is 3.36. The number of amides is 2. The van der Waals surface area contributed by atoms with Crippen LogP contribution in [0.5, 0.6) is 0 Å². The number of carbonyl (C=O) groups is 2. The Labute approximate surface area is 162 Å². The number of ether oxygens (including phenoxy) is 2. The van der Waals surface area contributed by atoms with Gasteiger partial charge in [0.1, 0.15) is 0 Å². The van der Waals surface area contributed by atoms with Crippen LogP contribution in [-0.4, -0.2) is 57.2 Å². The Morgan fingerprint density at radius 3 is 2.15 bits per heavy atom. The van der Waals surface area contributed by atoms with Crippen LogP contribution < -0.4 is 5.32 Å². The molecule has 6 nitrogen and oxygen atoms in total. The van der Waals surface area contributed by atoms with E-state index < -0.39 is 0 Å². The molecule has 1 aliphatic carbocycles. The van der Waals surface area contributed by atoms with Gasteiger partial charge in [0.25, 0.3) is 5.91 Å². The highest BCUT2D eigenvalue weighted by Crippen LogP contribution is 2.23. The van der Waals surface area contributed by atoms with Gasteiger partial charge in [-0.2, -0.15) is 0 Å². The first-order chi connectivity index (χ1) is 13.2. The SMILES string of the molecule is COCCN(CCOC)C(=O)c1ccc(CNC(=O)C2CCCCC2)cc1. The van der Waals surface area contributed by atoms with Gasteiger partial charge >= 0.3 is 0 Å². The first-order valence-electron chi connectivity index (χ1n) is 9.79. The minimum absolute atomic E-state index is 0.0399. The maximum Gasteiger partial charge on any atom is 0.254 e. The van der Waals surface area contributed by atoms with E-state index in [1.807, 2.05) is 24.3 Å². The molecule has 1 N–H and O–H groups in total. The maximum absolute atomic E-state index is 12.7. The summed E-state index contributed by atoms with van der Waals surface area (Å²) in [6, 6.07) is 7.44. The van der Waals surface area contributed by atoms with Crippen LogP contribution in [0.1, 0.15) is 48.0 Å². The van der Waals surface area contributed by atoms with E-state index in [9.17, 15) is 9.59 Å². The summed E-state index contributed by atoms with van der Waals surface area (Å²) >= 11 is 0. The average molecular weight is 376 g/mol. The molecule has 2 amide bonds. The summed E-state index contributed by atoms with van der Waals surface area (Å²) in [5.41, 5.74) is 1.63. The summed E-state index contributed by atoms with van der Waals surface area (Å²) in [5.74, 6) is 0.275. The quantitative estimate of drug-likeness (QED) is 0.682. The fraction of sp³-hybridized carbons (Fsp3) is 0.619. The molecule has 0 bridgehead atoms. The van der Waals surface area contributed by atoms with Crippen molar-refractivity contribution in [1.29, 1.82) is 0 Å². The molecular formula is C21H32N2O4. The molecule has 0 atom stereocenters. The first kappa shape index (κ1) is 21.4. The molecule has 0 aromatic heterocycles. The fourth-order valence-electron chi connectivity index (χ4n) is 3.36. The third-order valence-electron chi connectivity index (χ3n) is 5.06. The molecular weight excluding hydrogens is 344 g/mol. The average Bonchev–Trinajstić information content (AvgIpc) is 2.72. The van der Waals surface area contributed by atoms with E-state index in [1.165, 1.54) is 6.42 Å². The standard InChI is InChI=1S/C21H32N2O4/c1-26-14-12-23(13-15-27-2)21(25)19-10-8-17(9-11-19)16-22-20(24)18-6-4-3-5-7-18/h8-11,18H,3-7,12-16H2,1-2H3,(H,22,24). The monoisotopic (exact) mass is 376 g/mol. The first-order valence-corrected chi connectivity index (χ1v) is 9.79. The van der Waals surface area contributed by atoms with Gasteiger partial charge in [0.05, 0.1) is 13.2 Å². The maximum atomic E-state index is 12.7. The lowest BCUT2D eigenvalue weighted by atomic mass is 9.88. The number of nitrogens with zero attached hydrogens (tertiary/aromatic N) is 1. The van der Waals surface area contributed by atoms with Gasteiger partial charge in [0.15, 0.2) is 0 Å². The lowest BCUT2D eigenvalue weighted by molar-refractivity contribution is -0.126. The van der Waals surface area contributed by atoms with Crippen LogP contribution in [0.2, 0.25) is 0 Å². The number of benzene rings is 1. The van der Waals surface area contributed by atoms with Gasteiger partial charge in [-0.25, -0.2) is 0 Å². The molecule has 1 aromatic rings. The second-order valence-corrected chi connectivity index (χ2v) is 7.03. The van der Waals surface area contributed by atoms with E-state index in [0.29, 0.717) is 38.4 Å². The number of hydrogen-bond donors (Lipinski definition) is 1. The highest BCUT2D eigenvalue weighted by atomic mass is 16.5.